The van der Waals surface area contributed by atoms with Crippen molar-refractivity contribution < 1.29 is 14.3 Å². The number of carbonyl (C=O) groups is 1. The van der Waals surface area contributed by atoms with Crippen LogP contribution in [0.25, 0.3) is 0 Å². The second-order valence-corrected chi connectivity index (χ2v) is 5.32. The summed E-state index contributed by atoms with van der Waals surface area (Å²) in [5, 5.41) is 6.08. The monoisotopic (exact) mass is 318 g/mol. The maximum atomic E-state index is 12.0. The summed E-state index contributed by atoms with van der Waals surface area (Å²) >= 11 is 6.01. The van der Waals surface area contributed by atoms with E-state index in [1.165, 1.54) is 0 Å². The number of ether oxygens (including phenoxy) is 2. The molecule has 1 heterocycles. The Labute approximate surface area is 133 Å². The second-order valence-electron chi connectivity index (χ2n) is 4.91. The first-order valence-electron chi connectivity index (χ1n) is 6.85. The van der Waals surface area contributed by atoms with E-state index >= 15 is 0 Å². The summed E-state index contributed by atoms with van der Waals surface area (Å²) in [6.07, 6.45) is 0. The molecule has 0 saturated carbocycles. The van der Waals surface area contributed by atoms with Crippen molar-refractivity contribution in [2.24, 2.45) is 0 Å². The van der Waals surface area contributed by atoms with Gasteiger partial charge in [-0.1, -0.05) is 29.8 Å². The summed E-state index contributed by atoms with van der Waals surface area (Å²) in [4.78, 5) is 12.0. The molecule has 22 heavy (non-hydrogen) atoms. The summed E-state index contributed by atoms with van der Waals surface area (Å²) in [5.74, 6) is 1.41. The van der Waals surface area contributed by atoms with E-state index < -0.39 is 0 Å². The van der Waals surface area contributed by atoms with Gasteiger partial charge in [-0.25, -0.2) is 4.79 Å². The largest absolute Gasteiger partial charge is 0.454 e. The lowest BCUT2D eigenvalue weighted by Gasteiger charge is -2.16. The zero-order valence-corrected chi connectivity index (χ0v) is 12.7. The minimum Gasteiger partial charge on any atom is -0.454 e. The molecule has 0 spiro atoms. The van der Waals surface area contributed by atoms with E-state index in [0.717, 1.165) is 11.3 Å². The number of anilines is 1. The van der Waals surface area contributed by atoms with Gasteiger partial charge in [0, 0.05) is 0 Å². The molecule has 0 bridgehead atoms. The highest BCUT2D eigenvalue weighted by molar-refractivity contribution is 6.33. The summed E-state index contributed by atoms with van der Waals surface area (Å²) in [5.41, 5.74) is 1.50. The standard InChI is InChI=1S/C16H15ClN2O3/c1-10(11-6-7-14-15(8-11)22-9-21-14)18-16(20)19-13-5-3-2-4-12(13)17/h2-8,10H,9H2,1H3,(H2,18,19,20)/t10-/m1/s1. The van der Waals surface area contributed by atoms with Gasteiger partial charge in [0.05, 0.1) is 16.8 Å². The molecule has 2 aromatic rings. The number of hydrogen-bond acceptors (Lipinski definition) is 3. The summed E-state index contributed by atoms with van der Waals surface area (Å²) in [6, 6.07) is 12.2. The van der Waals surface area contributed by atoms with Crippen LogP contribution in [0.1, 0.15) is 18.5 Å². The van der Waals surface area contributed by atoms with Crippen LogP contribution in [0.3, 0.4) is 0 Å². The molecule has 0 radical (unpaired) electrons. The van der Waals surface area contributed by atoms with Crippen LogP contribution in [0.4, 0.5) is 10.5 Å². The number of fused-ring (bicyclic) bond motifs is 1. The number of urea groups is 1. The zero-order chi connectivity index (χ0) is 15.5. The first-order chi connectivity index (χ1) is 10.6. The number of rotatable bonds is 3. The van der Waals surface area contributed by atoms with Crippen LogP contribution >= 0.6 is 11.6 Å². The Morgan fingerprint density at radius 1 is 1.18 bits per heavy atom. The van der Waals surface area contributed by atoms with Gasteiger partial charge in [0.1, 0.15) is 0 Å². The molecule has 0 unspecified atom stereocenters. The molecule has 114 valence electrons. The molecule has 6 heteroatoms. The van der Waals surface area contributed by atoms with E-state index in [0.29, 0.717) is 16.5 Å². The second kappa shape index (κ2) is 6.15. The summed E-state index contributed by atoms with van der Waals surface area (Å²) in [7, 11) is 0. The highest BCUT2D eigenvalue weighted by atomic mass is 35.5. The minimum absolute atomic E-state index is 0.183. The van der Waals surface area contributed by atoms with Crippen LogP contribution in [0, 0.1) is 0 Å². The molecule has 5 nitrogen and oxygen atoms in total. The minimum atomic E-state index is -0.321. The lowest BCUT2D eigenvalue weighted by molar-refractivity contribution is 0.174. The number of halogens is 1. The van der Waals surface area contributed by atoms with Gasteiger partial charge in [-0.2, -0.15) is 0 Å². The molecule has 0 aromatic heterocycles. The molecule has 2 amide bonds. The van der Waals surface area contributed by atoms with E-state index in [1.54, 1.807) is 18.2 Å². The molecule has 2 N–H and O–H groups in total. The Kier molecular flexibility index (Phi) is 4.06. The van der Waals surface area contributed by atoms with Crippen molar-refractivity contribution in [1.29, 1.82) is 0 Å². The average Bonchev–Trinajstić information content (AvgIpc) is 2.97. The van der Waals surface area contributed by atoms with Gasteiger partial charge in [0.25, 0.3) is 0 Å². The summed E-state index contributed by atoms with van der Waals surface area (Å²) < 4.78 is 10.6. The molecule has 1 aliphatic rings. The Morgan fingerprint density at radius 2 is 1.95 bits per heavy atom. The number of amides is 2. The highest BCUT2D eigenvalue weighted by Crippen LogP contribution is 2.34. The normalized spacial score (nSPS) is 13.5. The van der Waals surface area contributed by atoms with Crippen molar-refractivity contribution >= 4 is 23.3 Å². The predicted molar refractivity (Wildman–Crippen MR) is 84.6 cm³/mol. The molecular formula is C16H15ClN2O3. The van der Waals surface area contributed by atoms with Crippen molar-refractivity contribution in [2.45, 2.75) is 13.0 Å². The highest BCUT2D eigenvalue weighted by Gasteiger charge is 2.17. The van der Waals surface area contributed by atoms with Crippen LogP contribution < -0.4 is 20.1 Å². The van der Waals surface area contributed by atoms with Crippen LogP contribution in [0.5, 0.6) is 11.5 Å². The molecule has 2 aromatic carbocycles. The maximum Gasteiger partial charge on any atom is 0.319 e. The van der Waals surface area contributed by atoms with E-state index in [1.807, 2.05) is 31.2 Å². The fourth-order valence-corrected chi connectivity index (χ4v) is 2.37. The van der Waals surface area contributed by atoms with Gasteiger partial charge in [0.2, 0.25) is 6.79 Å². The van der Waals surface area contributed by atoms with E-state index in [4.69, 9.17) is 21.1 Å². The fraction of sp³-hybridized carbons (Fsp3) is 0.188. The van der Waals surface area contributed by atoms with Gasteiger partial charge >= 0.3 is 6.03 Å². The maximum absolute atomic E-state index is 12.0. The smallest absolute Gasteiger partial charge is 0.319 e. The molecule has 1 atom stereocenters. The van der Waals surface area contributed by atoms with Crippen molar-refractivity contribution in [3.63, 3.8) is 0 Å². The number of para-hydroxylation sites is 1. The van der Waals surface area contributed by atoms with Crippen molar-refractivity contribution in [3.8, 4) is 11.5 Å². The topological polar surface area (TPSA) is 59.6 Å². The third kappa shape index (κ3) is 3.09. The predicted octanol–water partition coefficient (Wildman–Crippen LogP) is 3.95. The van der Waals surface area contributed by atoms with Crippen LogP contribution in [-0.2, 0) is 0 Å². The third-order valence-corrected chi connectivity index (χ3v) is 3.70. The average molecular weight is 319 g/mol. The van der Waals surface area contributed by atoms with E-state index in [2.05, 4.69) is 10.6 Å². The SMILES string of the molecule is C[C@@H](NC(=O)Nc1ccccc1Cl)c1ccc2c(c1)OCO2. The Bertz CT molecular complexity index is 706. The van der Waals surface area contributed by atoms with E-state index in [9.17, 15) is 4.79 Å². The number of nitrogens with one attached hydrogen (secondary N) is 2. The molecule has 0 fully saturated rings. The zero-order valence-electron chi connectivity index (χ0n) is 11.9. The Balaban J connectivity index is 1.65. The quantitative estimate of drug-likeness (QED) is 0.900. The molecular weight excluding hydrogens is 304 g/mol. The first-order valence-corrected chi connectivity index (χ1v) is 7.23. The summed E-state index contributed by atoms with van der Waals surface area (Å²) in [6.45, 7) is 2.12. The van der Waals surface area contributed by atoms with Crippen molar-refractivity contribution in [3.05, 3.63) is 53.1 Å². The molecule has 0 saturated heterocycles. The molecule has 3 rings (SSSR count). The van der Waals surface area contributed by atoms with Gasteiger partial charge in [-0.05, 0) is 36.8 Å². The lowest BCUT2D eigenvalue weighted by atomic mass is 10.1. The van der Waals surface area contributed by atoms with Crippen LogP contribution in [0.15, 0.2) is 42.5 Å². The molecule has 1 aliphatic heterocycles. The Hall–Kier alpha value is -2.40. The van der Waals surface area contributed by atoms with Crippen LogP contribution in [-0.4, -0.2) is 12.8 Å². The number of benzene rings is 2. The third-order valence-electron chi connectivity index (χ3n) is 3.37. The van der Waals surface area contributed by atoms with Crippen molar-refractivity contribution in [2.75, 3.05) is 12.1 Å². The van der Waals surface area contributed by atoms with Gasteiger partial charge < -0.3 is 20.1 Å². The first kappa shape index (κ1) is 14.5. The van der Waals surface area contributed by atoms with Gasteiger partial charge in [-0.3, -0.25) is 0 Å². The fourth-order valence-electron chi connectivity index (χ4n) is 2.18. The van der Waals surface area contributed by atoms with Crippen molar-refractivity contribution in [1.82, 2.24) is 5.32 Å². The lowest BCUT2D eigenvalue weighted by Crippen LogP contribution is -2.31. The van der Waals surface area contributed by atoms with E-state index in [-0.39, 0.29) is 18.9 Å². The van der Waals surface area contributed by atoms with Crippen LogP contribution in [0.2, 0.25) is 5.02 Å². The van der Waals surface area contributed by atoms with Gasteiger partial charge in [0.15, 0.2) is 11.5 Å². The number of carbonyl (C=O) groups excluding carboxylic acids is 1. The molecule has 0 aliphatic carbocycles. The van der Waals surface area contributed by atoms with Gasteiger partial charge in [-0.15, -0.1) is 0 Å². The number of hydrogen-bond donors (Lipinski definition) is 2. The Morgan fingerprint density at radius 3 is 2.77 bits per heavy atom.